The molecular formula is C17H23HgNO4. The Morgan fingerprint density at radius 3 is 2.13 bits per heavy atom. The van der Waals surface area contributed by atoms with Gasteiger partial charge in [0.05, 0.1) is 10.9 Å². The van der Waals surface area contributed by atoms with Crippen LogP contribution in [0.4, 0.5) is 5.69 Å². The molecule has 23 heavy (non-hydrogen) atoms. The summed E-state index contributed by atoms with van der Waals surface area (Å²) in [4.78, 5) is 19.7. The average Bonchev–Trinajstić information content (AvgIpc) is 2.48. The van der Waals surface area contributed by atoms with Crippen molar-refractivity contribution < 1.29 is 42.5 Å². The first-order valence-electron chi connectivity index (χ1n) is 7.60. The first-order valence-corrected chi connectivity index (χ1v) is 7.60. The van der Waals surface area contributed by atoms with Gasteiger partial charge in [-0.2, -0.15) is 0 Å². The maximum Gasteiger partial charge on any atom is 1.00 e. The molecule has 2 rings (SSSR count). The molecule has 0 amide bonds. The summed E-state index contributed by atoms with van der Waals surface area (Å²) in [6.07, 6.45) is 6.75. The van der Waals surface area contributed by atoms with E-state index in [9.17, 15) is 20.0 Å². The van der Waals surface area contributed by atoms with Crippen molar-refractivity contribution in [2.75, 3.05) is 0 Å². The minimum atomic E-state index is -1.34. The van der Waals surface area contributed by atoms with Crippen molar-refractivity contribution in [3.8, 4) is 0 Å². The zero-order valence-corrected chi connectivity index (χ0v) is 19.5. The molecule has 0 aromatic heterocycles. The van der Waals surface area contributed by atoms with Crippen LogP contribution in [-0.2, 0) is 27.7 Å². The van der Waals surface area contributed by atoms with Crippen molar-refractivity contribution in [1.29, 1.82) is 0 Å². The Bertz CT molecular complexity index is 461. The van der Waals surface area contributed by atoms with Gasteiger partial charge in [0.1, 0.15) is 0 Å². The van der Waals surface area contributed by atoms with Gasteiger partial charge in [0.25, 0.3) is 5.69 Å². The molecule has 0 unspecified atom stereocenters. The van der Waals surface area contributed by atoms with Crippen molar-refractivity contribution >= 4 is 11.7 Å². The van der Waals surface area contributed by atoms with E-state index >= 15 is 0 Å². The molecule has 0 heterocycles. The van der Waals surface area contributed by atoms with Crippen LogP contribution < -0.4 is 5.11 Å². The normalized spacial score (nSPS) is 20.0. The van der Waals surface area contributed by atoms with E-state index in [4.69, 9.17) is 0 Å². The number of rotatable bonds is 3. The predicted molar refractivity (Wildman–Crippen MR) is 83.1 cm³/mol. The molecule has 1 saturated carbocycles. The van der Waals surface area contributed by atoms with Gasteiger partial charge in [0.2, 0.25) is 0 Å². The van der Waals surface area contributed by atoms with Gasteiger partial charge in [-0.15, -0.1) is 0 Å². The van der Waals surface area contributed by atoms with Crippen LogP contribution in [0, 0.1) is 34.3 Å². The summed E-state index contributed by atoms with van der Waals surface area (Å²) in [5, 5.41) is 20.3. The van der Waals surface area contributed by atoms with E-state index in [1.807, 2.05) is 0 Å². The van der Waals surface area contributed by atoms with E-state index in [1.165, 1.54) is 19.3 Å². The molecular weight excluding hydrogens is 483 g/mol. The molecule has 1 fully saturated rings. The molecule has 1 aromatic carbocycles. The quantitative estimate of drug-likeness (QED) is 0.359. The van der Waals surface area contributed by atoms with Crippen molar-refractivity contribution in [2.24, 2.45) is 17.8 Å². The van der Waals surface area contributed by atoms with Crippen LogP contribution in [0.15, 0.2) is 24.3 Å². The first-order chi connectivity index (χ1) is 10.3. The summed E-state index contributed by atoms with van der Waals surface area (Å²) in [5.41, 5.74) is -0.208. The Morgan fingerprint density at radius 1 is 1.22 bits per heavy atom. The van der Waals surface area contributed by atoms with E-state index < -0.39 is 10.9 Å². The molecule has 0 bridgehead atoms. The largest absolute Gasteiger partial charge is 1.00 e. The van der Waals surface area contributed by atoms with E-state index in [1.54, 1.807) is 0 Å². The summed E-state index contributed by atoms with van der Waals surface area (Å²) >= 11 is 0. The summed E-state index contributed by atoms with van der Waals surface area (Å²) in [7, 11) is 0. The van der Waals surface area contributed by atoms with E-state index in [-0.39, 0.29) is 38.9 Å². The molecule has 2 atom stereocenters. The molecule has 1 aromatic rings. The molecule has 0 aliphatic heterocycles. The number of hydrogen-bond donors (Lipinski definition) is 0. The van der Waals surface area contributed by atoms with E-state index in [0.29, 0.717) is 0 Å². The molecule has 1 aliphatic carbocycles. The number of carboxylic acid groups (broad SMARTS) is 1. The minimum absolute atomic E-state index is 0. The second-order valence-corrected chi connectivity index (χ2v) is 6.15. The van der Waals surface area contributed by atoms with Gasteiger partial charge in [-0.3, -0.25) is 10.1 Å². The monoisotopic (exact) mass is 507 g/mol. The van der Waals surface area contributed by atoms with Gasteiger partial charge >= 0.3 is 27.7 Å². The van der Waals surface area contributed by atoms with Crippen LogP contribution in [0.5, 0.6) is 0 Å². The molecule has 5 nitrogen and oxygen atoms in total. The predicted octanol–water partition coefficient (Wildman–Crippen LogP) is 3.24. The number of carboxylic acids is 1. The third-order valence-corrected chi connectivity index (χ3v) is 4.00. The Morgan fingerprint density at radius 2 is 1.78 bits per heavy atom. The van der Waals surface area contributed by atoms with E-state index in [0.717, 1.165) is 42.0 Å². The Kier molecular flexibility index (Phi) is 10.3. The number of aromatic carboxylic acids is 1. The number of carbonyl (C=O) groups is 1. The van der Waals surface area contributed by atoms with Crippen LogP contribution in [0.25, 0.3) is 0 Å². The Labute approximate surface area is 158 Å². The zero-order chi connectivity index (χ0) is 16.7. The molecule has 0 N–H and O–H groups in total. The number of nitro groups is 1. The SMILES string of the molecule is CC(C)[C@H]1[CH]C[C@H](C)CC1.O=C([O-])c1ccc([N+](=O)[O-])cc1.[Hg+]. The second kappa shape index (κ2) is 10.7. The van der Waals surface area contributed by atoms with Crippen LogP contribution in [0.2, 0.25) is 0 Å². The second-order valence-electron chi connectivity index (χ2n) is 6.15. The Balaban J connectivity index is 0.000000409. The van der Waals surface area contributed by atoms with Crippen LogP contribution in [0.1, 0.15) is 50.4 Å². The number of nitro benzene ring substituents is 1. The number of non-ortho nitro benzene ring substituents is 1. The van der Waals surface area contributed by atoms with Gasteiger partial charge in [0.15, 0.2) is 0 Å². The third kappa shape index (κ3) is 7.91. The van der Waals surface area contributed by atoms with Crippen molar-refractivity contribution in [3.05, 3.63) is 46.4 Å². The number of nitrogens with zero attached hydrogens (tertiary/aromatic N) is 1. The number of carbonyl (C=O) groups excluding carboxylic acids is 1. The van der Waals surface area contributed by atoms with Gasteiger partial charge in [-0.05, 0) is 54.7 Å². The molecule has 122 valence electrons. The first kappa shape index (κ1) is 22.0. The van der Waals surface area contributed by atoms with Crippen LogP contribution >= 0.6 is 0 Å². The maximum atomic E-state index is 10.2. The molecule has 1 aliphatic rings. The molecule has 2 radical (unpaired) electrons. The topological polar surface area (TPSA) is 83.3 Å². The third-order valence-electron chi connectivity index (χ3n) is 4.00. The molecule has 6 heteroatoms. The van der Waals surface area contributed by atoms with Crippen molar-refractivity contribution in [2.45, 2.75) is 40.0 Å². The Hall–Kier alpha value is -0.975. The zero-order valence-electron chi connectivity index (χ0n) is 14.0. The van der Waals surface area contributed by atoms with Gasteiger partial charge < -0.3 is 9.90 Å². The van der Waals surface area contributed by atoms with Crippen molar-refractivity contribution in [3.63, 3.8) is 0 Å². The van der Waals surface area contributed by atoms with Crippen LogP contribution in [0.3, 0.4) is 0 Å². The van der Waals surface area contributed by atoms with Gasteiger partial charge in [-0.1, -0.05) is 27.2 Å². The van der Waals surface area contributed by atoms with Gasteiger partial charge in [-0.25, -0.2) is 0 Å². The fourth-order valence-electron chi connectivity index (χ4n) is 2.44. The smallest absolute Gasteiger partial charge is 0.545 e. The van der Waals surface area contributed by atoms with Crippen molar-refractivity contribution in [1.82, 2.24) is 0 Å². The summed E-state index contributed by atoms with van der Waals surface area (Å²) in [5.74, 6) is 1.39. The summed E-state index contributed by atoms with van der Waals surface area (Å²) in [6.45, 7) is 7.02. The van der Waals surface area contributed by atoms with Gasteiger partial charge in [0, 0.05) is 12.1 Å². The standard InChI is InChI=1S/C10H19.C7H5NO4.Hg/c1-8(2)10-6-4-9(3)5-7-10;9-7(10)5-1-3-6(4-2-5)8(11)12;/h6,8-10H,4-5,7H2,1-3H3;1-4H,(H,9,10);/q;;+1/p-1/t9-,10-;;/m0../s1. The average molecular weight is 506 g/mol. The molecule has 0 spiro atoms. The fraction of sp³-hybridized carbons (Fsp3) is 0.529. The van der Waals surface area contributed by atoms with E-state index in [2.05, 4.69) is 27.2 Å². The summed E-state index contributed by atoms with van der Waals surface area (Å²) < 4.78 is 0. The minimum Gasteiger partial charge on any atom is -0.545 e. The molecule has 0 saturated heterocycles. The number of benzene rings is 1. The number of hydrogen-bond acceptors (Lipinski definition) is 4. The van der Waals surface area contributed by atoms with Crippen LogP contribution in [-0.4, -0.2) is 10.9 Å². The fourth-order valence-corrected chi connectivity index (χ4v) is 2.44. The summed E-state index contributed by atoms with van der Waals surface area (Å²) in [6, 6.07) is 4.50. The maximum absolute atomic E-state index is 10.2.